The van der Waals surface area contributed by atoms with Crippen molar-refractivity contribution in [1.82, 2.24) is 5.32 Å². The number of rotatable bonds is 3. The number of alkyl halides is 3. The predicted octanol–water partition coefficient (Wildman–Crippen LogP) is 3.45. The summed E-state index contributed by atoms with van der Waals surface area (Å²) in [7, 11) is 1.21. The lowest BCUT2D eigenvalue weighted by Crippen LogP contribution is -2.34. The molecule has 2 aromatic rings. The van der Waals surface area contributed by atoms with Crippen molar-refractivity contribution in [3.63, 3.8) is 0 Å². The highest BCUT2D eigenvalue weighted by atomic mass is 19.4. The Kier molecular flexibility index (Phi) is 5.61. The molecule has 0 saturated carbocycles. The van der Waals surface area contributed by atoms with Crippen LogP contribution in [0.3, 0.4) is 0 Å². The van der Waals surface area contributed by atoms with Gasteiger partial charge in [-0.05, 0) is 42.5 Å². The molecule has 0 aliphatic rings. The summed E-state index contributed by atoms with van der Waals surface area (Å²) in [5.74, 6) is -1.48. The van der Waals surface area contributed by atoms with Crippen molar-refractivity contribution in [2.24, 2.45) is 0 Å². The molecule has 0 atom stereocenters. The number of halogens is 3. The van der Waals surface area contributed by atoms with E-state index in [2.05, 4.69) is 10.1 Å². The molecule has 0 aliphatic carbocycles. The van der Waals surface area contributed by atoms with Crippen LogP contribution in [-0.2, 0) is 10.9 Å². The molecule has 9 heteroatoms. The normalized spacial score (nSPS) is 10.8. The van der Waals surface area contributed by atoms with Crippen LogP contribution in [0.15, 0.2) is 48.5 Å². The first kappa shape index (κ1) is 19.0. The van der Waals surface area contributed by atoms with Crippen LogP contribution >= 0.6 is 0 Å². The molecule has 0 aromatic heterocycles. The van der Waals surface area contributed by atoms with Gasteiger partial charge >= 0.3 is 18.2 Å². The van der Waals surface area contributed by atoms with E-state index >= 15 is 0 Å². The van der Waals surface area contributed by atoms with Crippen LogP contribution in [0.25, 0.3) is 0 Å². The Morgan fingerprint density at radius 3 is 2.19 bits per heavy atom. The van der Waals surface area contributed by atoms with E-state index in [1.807, 2.05) is 5.32 Å². The molecule has 0 heterocycles. The van der Waals surface area contributed by atoms with Crippen molar-refractivity contribution in [2.75, 3.05) is 12.4 Å². The van der Waals surface area contributed by atoms with E-state index in [4.69, 9.17) is 0 Å². The summed E-state index contributed by atoms with van der Waals surface area (Å²) < 4.78 is 42.0. The molecular formula is C17H13F3N2O4. The number of hydrogen-bond acceptors (Lipinski definition) is 4. The van der Waals surface area contributed by atoms with Crippen LogP contribution < -0.4 is 10.6 Å². The highest BCUT2D eigenvalue weighted by Crippen LogP contribution is 2.29. The lowest BCUT2D eigenvalue weighted by atomic mass is 10.1. The van der Waals surface area contributed by atoms with Gasteiger partial charge in [0.25, 0.3) is 5.91 Å². The Morgan fingerprint density at radius 2 is 1.62 bits per heavy atom. The van der Waals surface area contributed by atoms with Crippen LogP contribution in [0.4, 0.5) is 23.7 Å². The second-order valence-corrected chi connectivity index (χ2v) is 5.06. The number of carbonyl (C=O) groups excluding carboxylic acids is 3. The predicted molar refractivity (Wildman–Crippen MR) is 85.7 cm³/mol. The van der Waals surface area contributed by atoms with Gasteiger partial charge in [0.05, 0.1) is 18.2 Å². The van der Waals surface area contributed by atoms with Crippen LogP contribution in [0.2, 0.25) is 0 Å². The number of hydrogen-bond donors (Lipinski definition) is 2. The Bertz CT molecular complexity index is 833. The highest BCUT2D eigenvalue weighted by molar-refractivity contribution is 6.08. The number of esters is 1. The molecule has 0 spiro atoms. The maximum Gasteiger partial charge on any atom is 0.416 e. The molecule has 2 aromatic carbocycles. The van der Waals surface area contributed by atoms with Gasteiger partial charge in [-0.15, -0.1) is 0 Å². The van der Waals surface area contributed by atoms with Crippen molar-refractivity contribution in [1.29, 1.82) is 0 Å². The van der Waals surface area contributed by atoms with E-state index in [1.165, 1.54) is 31.4 Å². The fraction of sp³-hybridized carbons (Fsp3) is 0.118. The van der Waals surface area contributed by atoms with Crippen LogP contribution in [0.5, 0.6) is 0 Å². The summed E-state index contributed by atoms with van der Waals surface area (Å²) in [6.07, 6.45) is -4.52. The van der Waals surface area contributed by atoms with E-state index < -0.39 is 29.6 Å². The number of anilines is 1. The van der Waals surface area contributed by atoms with Gasteiger partial charge in [0.2, 0.25) is 0 Å². The Balaban J connectivity index is 2.01. The topological polar surface area (TPSA) is 84.5 Å². The Hall–Kier alpha value is -3.36. The summed E-state index contributed by atoms with van der Waals surface area (Å²) in [4.78, 5) is 35.2. The molecule has 0 aliphatic heterocycles. The lowest BCUT2D eigenvalue weighted by molar-refractivity contribution is -0.137. The van der Waals surface area contributed by atoms with Gasteiger partial charge in [-0.3, -0.25) is 10.1 Å². The molecule has 0 radical (unpaired) electrons. The first-order chi connectivity index (χ1) is 12.2. The van der Waals surface area contributed by atoms with Gasteiger partial charge in [-0.1, -0.05) is 6.07 Å². The Morgan fingerprint density at radius 1 is 0.962 bits per heavy atom. The summed E-state index contributed by atoms with van der Waals surface area (Å²) in [6.45, 7) is 0. The quantitative estimate of drug-likeness (QED) is 0.815. The van der Waals surface area contributed by atoms with E-state index in [0.717, 1.165) is 24.3 Å². The molecule has 0 unspecified atom stereocenters. The number of methoxy groups -OCH3 is 1. The number of ether oxygens (including phenoxy) is 1. The van der Waals surface area contributed by atoms with Gasteiger partial charge in [0.15, 0.2) is 0 Å². The van der Waals surface area contributed by atoms with Gasteiger partial charge in [-0.25, -0.2) is 9.59 Å². The first-order valence-electron chi connectivity index (χ1n) is 7.18. The Labute approximate surface area is 146 Å². The molecule has 0 bridgehead atoms. The summed E-state index contributed by atoms with van der Waals surface area (Å²) in [5, 5.41) is 4.32. The van der Waals surface area contributed by atoms with E-state index in [-0.39, 0.29) is 16.8 Å². The lowest BCUT2D eigenvalue weighted by Gasteiger charge is -2.09. The smallest absolute Gasteiger partial charge is 0.416 e. The van der Waals surface area contributed by atoms with Gasteiger partial charge < -0.3 is 10.1 Å². The largest absolute Gasteiger partial charge is 0.465 e. The second-order valence-electron chi connectivity index (χ2n) is 5.06. The first-order valence-corrected chi connectivity index (χ1v) is 7.18. The number of amides is 3. The molecule has 0 fully saturated rings. The minimum Gasteiger partial charge on any atom is -0.465 e. The van der Waals surface area contributed by atoms with Gasteiger partial charge in [-0.2, -0.15) is 13.2 Å². The molecule has 136 valence electrons. The fourth-order valence-corrected chi connectivity index (χ4v) is 1.99. The summed E-state index contributed by atoms with van der Waals surface area (Å²) in [6, 6.07) is 8.30. The maximum absolute atomic E-state index is 12.5. The van der Waals surface area contributed by atoms with Crippen molar-refractivity contribution >= 4 is 23.6 Å². The van der Waals surface area contributed by atoms with Crippen molar-refractivity contribution in [3.8, 4) is 0 Å². The molecule has 3 amide bonds. The SMILES string of the molecule is COC(=O)c1cccc(NC(=O)NC(=O)c2ccc(C(F)(F)F)cc2)c1. The molecule has 2 rings (SSSR count). The molecule has 26 heavy (non-hydrogen) atoms. The zero-order valence-electron chi connectivity index (χ0n) is 13.4. The zero-order valence-corrected chi connectivity index (χ0v) is 13.4. The van der Waals surface area contributed by atoms with Crippen LogP contribution in [0, 0.1) is 0 Å². The molecule has 0 saturated heterocycles. The third-order valence-corrected chi connectivity index (χ3v) is 3.24. The van der Waals surface area contributed by atoms with Gasteiger partial charge in [0, 0.05) is 11.3 Å². The average Bonchev–Trinajstić information content (AvgIpc) is 2.60. The third kappa shape index (κ3) is 4.82. The second kappa shape index (κ2) is 7.68. The van der Waals surface area contributed by atoms with Gasteiger partial charge in [0.1, 0.15) is 0 Å². The minimum absolute atomic E-state index is 0.114. The standard InChI is InChI=1S/C17H13F3N2O4/c1-26-15(24)11-3-2-4-13(9-11)21-16(25)22-14(23)10-5-7-12(8-6-10)17(18,19)20/h2-9H,1H3,(H2,21,22,23,25). The van der Waals surface area contributed by atoms with Crippen LogP contribution in [-0.4, -0.2) is 25.0 Å². The maximum atomic E-state index is 12.5. The van der Waals surface area contributed by atoms with E-state index in [9.17, 15) is 27.6 Å². The number of imide groups is 1. The fourth-order valence-electron chi connectivity index (χ4n) is 1.99. The van der Waals surface area contributed by atoms with Crippen molar-refractivity contribution in [3.05, 3.63) is 65.2 Å². The highest BCUT2D eigenvalue weighted by Gasteiger charge is 2.30. The van der Waals surface area contributed by atoms with E-state index in [0.29, 0.717) is 0 Å². The number of carbonyl (C=O) groups is 3. The number of urea groups is 1. The summed E-state index contributed by atoms with van der Waals surface area (Å²) in [5.41, 5.74) is -0.598. The number of nitrogens with one attached hydrogen (secondary N) is 2. The zero-order chi connectivity index (χ0) is 19.3. The third-order valence-electron chi connectivity index (χ3n) is 3.24. The molecule has 2 N–H and O–H groups in total. The molecule has 6 nitrogen and oxygen atoms in total. The van der Waals surface area contributed by atoms with E-state index in [1.54, 1.807) is 0 Å². The monoisotopic (exact) mass is 366 g/mol. The van der Waals surface area contributed by atoms with Crippen molar-refractivity contribution < 1.29 is 32.3 Å². The summed E-state index contributed by atoms with van der Waals surface area (Å²) >= 11 is 0. The molecular weight excluding hydrogens is 353 g/mol. The van der Waals surface area contributed by atoms with Crippen molar-refractivity contribution in [2.45, 2.75) is 6.18 Å². The number of benzene rings is 2. The van der Waals surface area contributed by atoms with Crippen LogP contribution in [0.1, 0.15) is 26.3 Å². The average molecular weight is 366 g/mol. The minimum atomic E-state index is -4.52.